The van der Waals surface area contributed by atoms with Crippen molar-refractivity contribution in [3.05, 3.63) is 29.8 Å². The molecule has 1 aromatic rings. The Labute approximate surface area is 160 Å². The Bertz CT molecular complexity index is 740. The molecule has 0 spiro atoms. The predicted octanol–water partition coefficient (Wildman–Crippen LogP) is 3.43. The second-order valence-electron chi connectivity index (χ2n) is 7.55. The fraction of sp³-hybridized carbons (Fsp3) is 0.524. The van der Waals surface area contributed by atoms with E-state index in [9.17, 15) is 9.59 Å². The van der Waals surface area contributed by atoms with Crippen molar-refractivity contribution in [2.45, 2.75) is 46.0 Å². The predicted molar refractivity (Wildman–Crippen MR) is 104 cm³/mol. The Hall–Kier alpha value is -2.50. The minimum atomic E-state index is -1.17. The topological polar surface area (TPSA) is 76.7 Å². The molecular formula is C21H28N2O4. The van der Waals surface area contributed by atoms with E-state index in [1.807, 2.05) is 0 Å². The normalized spacial score (nSPS) is 16.3. The molecule has 0 bridgehead atoms. The Kier molecular flexibility index (Phi) is 6.04. The van der Waals surface area contributed by atoms with Crippen LogP contribution in [0.5, 0.6) is 11.5 Å². The highest BCUT2D eigenvalue weighted by Gasteiger charge is 2.36. The van der Waals surface area contributed by atoms with E-state index in [0.717, 1.165) is 19.3 Å². The third kappa shape index (κ3) is 4.81. The number of amides is 2. The largest absolute Gasteiger partial charge is 0.486 e. The van der Waals surface area contributed by atoms with Gasteiger partial charge < -0.3 is 20.1 Å². The minimum absolute atomic E-state index is 0.269. The van der Waals surface area contributed by atoms with Gasteiger partial charge in [0.15, 0.2) is 11.5 Å². The SMILES string of the molecule is CC(C)(C(=O)NCCC1=CCCCC1)C(=O)Nc1ccc2c(c1)OCCO2. The third-order valence-electron chi connectivity index (χ3n) is 5.05. The van der Waals surface area contributed by atoms with Gasteiger partial charge in [-0.15, -0.1) is 0 Å². The van der Waals surface area contributed by atoms with E-state index >= 15 is 0 Å². The Morgan fingerprint density at radius 2 is 1.85 bits per heavy atom. The molecule has 1 aromatic carbocycles. The lowest BCUT2D eigenvalue weighted by Gasteiger charge is -2.24. The van der Waals surface area contributed by atoms with Crippen molar-refractivity contribution in [3.8, 4) is 11.5 Å². The van der Waals surface area contributed by atoms with Gasteiger partial charge in [-0.1, -0.05) is 11.6 Å². The Balaban J connectivity index is 1.54. The van der Waals surface area contributed by atoms with E-state index in [4.69, 9.17) is 9.47 Å². The Morgan fingerprint density at radius 3 is 2.59 bits per heavy atom. The molecule has 0 atom stereocenters. The molecule has 0 fully saturated rings. The number of hydrogen-bond donors (Lipinski definition) is 2. The summed E-state index contributed by atoms with van der Waals surface area (Å²) in [5.74, 6) is 0.637. The molecule has 6 nitrogen and oxygen atoms in total. The van der Waals surface area contributed by atoms with Crippen LogP contribution in [0, 0.1) is 5.41 Å². The zero-order valence-corrected chi connectivity index (χ0v) is 16.1. The average molecular weight is 372 g/mol. The molecule has 146 valence electrons. The van der Waals surface area contributed by atoms with Crippen LogP contribution in [0.25, 0.3) is 0 Å². The van der Waals surface area contributed by atoms with Crippen LogP contribution in [0.4, 0.5) is 5.69 Å². The zero-order chi connectivity index (χ0) is 19.3. The molecule has 2 aliphatic rings. The van der Waals surface area contributed by atoms with Gasteiger partial charge >= 0.3 is 0 Å². The fourth-order valence-electron chi connectivity index (χ4n) is 3.20. The van der Waals surface area contributed by atoms with Gasteiger partial charge in [0.05, 0.1) is 0 Å². The summed E-state index contributed by atoms with van der Waals surface area (Å²) < 4.78 is 11.0. The number of hydrogen-bond acceptors (Lipinski definition) is 4. The van der Waals surface area contributed by atoms with Gasteiger partial charge in [-0.3, -0.25) is 9.59 Å². The highest BCUT2D eigenvalue weighted by molar-refractivity contribution is 6.09. The van der Waals surface area contributed by atoms with Crippen LogP contribution in [-0.2, 0) is 9.59 Å². The van der Waals surface area contributed by atoms with E-state index < -0.39 is 5.41 Å². The summed E-state index contributed by atoms with van der Waals surface area (Å²) in [6.07, 6.45) is 7.85. The van der Waals surface area contributed by atoms with Crippen molar-refractivity contribution in [1.82, 2.24) is 5.32 Å². The van der Waals surface area contributed by atoms with Gasteiger partial charge in [-0.05, 0) is 58.1 Å². The number of fused-ring (bicyclic) bond motifs is 1. The van der Waals surface area contributed by atoms with Crippen LogP contribution in [0.15, 0.2) is 29.8 Å². The van der Waals surface area contributed by atoms with Crippen molar-refractivity contribution in [2.75, 3.05) is 25.1 Å². The fourth-order valence-corrected chi connectivity index (χ4v) is 3.20. The highest BCUT2D eigenvalue weighted by atomic mass is 16.6. The van der Waals surface area contributed by atoms with E-state index in [1.165, 1.54) is 18.4 Å². The number of carbonyl (C=O) groups excluding carboxylic acids is 2. The summed E-state index contributed by atoms with van der Waals surface area (Å²) in [5, 5.41) is 5.71. The maximum absolute atomic E-state index is 12.7. The number of allylic oxidation sites excluding steroid dienone is 1. The molecule has 0 saturated carbocycles. The second kappa shape index (κ2) is 8.46. The van der Waals surface area contributed by atoms with Gasteiger partial charge in [-0.2, -0.15) is 0 Å². The summed E-state index contributed by atoms with van der Waals surface area (Å²) in [5.41, 5.74) is 0.811. The molecule has 2 amide bonds. The van der Waals surface area contributed by atoms with Crippen LogP contribution >= 0.6 is 0 Å². The van der Waals surface area contributed by atoms with Crippen molar-refractivity contribution in [2.24, 2.45) is 5.41 Å². The molecule has 0 unspecified atom stereocenters. The molecule has 27 heavy (non-hydrogen) atoms. The lowest BCUT2D eigenvalue weighted by atomic mass is 9.90. The lowest BCUT2D eigenvalue weighted by Crippen LogP contribution is -2.45. The van der Waals surface area contributed by atoms with Crippen molar-refractivity contribution in [3.63, 3.8) is 0 Å². The van der Waals surface area contributed by atoms with Crippen molar-refractivity contribution >= 4 is 17.5 Å². The monoisotopic (exact) mass is 372 g/mol. The van der Waals surface area contributed by atoms with Gasteiger partial charge in [0.2, 0.25) is 11.8 Å². The van der Waals surface area contributed by atoms with Gasteiger partial charge in [-0.25, -0.2) is 0 Å². The molecule has 6 heteroatoms. The standard InChI is InChI=1S/C21H28N2O4/c1-21(2,19(24)22-11-10-15-6-4-3-5-7-15)20(25)23-16-8-9-17-18(14-16)27-13-12-26-17/h6,8-9,14H,3-5,7,10-13H2,1-2H3,(H,22,24)(H,23,25). The molecule has 2 N–H and O–H groups in total. The first kappa shape index (κ1) is 19.3. The number of ether oxygens (including phenoxy) is 2. The van der Waals surface area contributed by atoms with Gasteiger partial charge in [0.1, 0.15) is 18.6 Å². The minimum Gasteiger partial charge on any atom is -0.486 e. The van der Waals surface area contributed by atoms with E-state index in [1.54, 1.807) is 32.0 Å². The van der Waals surface area contributed by atoms with Crippen LogP contribution in [0.1, 0.15) is 46.0 Å². The van der Waals surface area contributed by atoms with Crippen LogP contribution in [-0.4, -0.2) is 31.6 Å². The lowest BCUT2D eigenvalue weighted by molar-refractivity contribution is -0.138. The molecule has 3 rings (SSSR count). The number of anilines is 1. The maximum Gasteiger partial charge on any atom is 0.239 e. The molecule has 0 aromatic heterocycles. The second-order valence-corrected chi connectivity index (χ2v) is 7.55. The molecule has 0 radical (unpaired) electrons. The number of carbonyl (C=O) groups is 2. The van der Waals surface area contributed by atoms with E-state index in [0.29, 0.717) is 36.9 Å². The van der Waals surface area contributed by atoms with Crippen LogP contribution < -0.4 is 20.1 Å². The Morgan fingerprint density at radius 1 is 1.07 bits per heavy atom. The molecule has 1 aliphatic heterocycles. The highest BCUT2D eigenvalue weighted by Crippen LogP contribution is 2.33. The summed E-state index contributed by atoms with van der Waals surface area (Å²) in [4.78, 5) is 25.2. The first-order valence-electron chi connectivity index (χ1n) is 9.64. The van der Waals surface area contributed by atoms with Crippen molar-refractivity contribution < 1.29 is 19.1 Å². The summed E-state index contributed by atoms with van der Waals surface area (Å²) in [6.45, 7) is 4.83. The molecule has 1 heterocycles. The molecule has 1 aliphatic carbocycles. The number of nitrogens with one attached hydrogen (secondary N) is 2. The summed E-state index contributed by atoms with van der Waals surface area (Å²) >= 11 is 0. The quantitative estimate of drug-likeness (QED) is 0.592. The summed E-state index contributed by atoms with van der Waals surface area (Å²) in [6, 6.07) is 5.22. The maximum atomic E-state index is 12.7. The van der Waals surface area contributed by atoms with Crippen LogP contribution in [0.2, 0.25) is 0 Å². The zero-order valence-electron chi connectivity index (χ0n) is 16.1. The first-order valence-corrected chi connectivity index (χ1v) is 9.64. The number of rotatable bonds is 6. The molecule has 0 saturated heterocycles. The average Bonchev–Trinajstić information content (AvgIpc) is 2.68. The van der Waals surface area contributed by atoms with Crippen LogP contribution in [0.3, 0.4) is 0 Å². The van der Waals surface area contributed by atoms with E-state index in [2.05, 4.69) is 16.7 Å². The van der Waals surface area contributed by atoms with Crippen molar-refractivity contribution in [1.29, 1.82) is 0 Å². The third-order valence-corrected chi connectivity index (χ3v) is 5.05. The van der Waals surface area contributed by atoms with Gasteiger partial charge in [0, 0.05) is 18.3 Å². The summed E-state index contributed by atoms with van der Waals surface area (Å²) in [7, 11) is 0. The molecular weight excluding hydrogens is 344 g/mol. The van der Waals surface area contributed by atoms with Gasteiger partial charge in [0.25, 0.3) is 0 Å². The smallest absolute Gasteiger partial charge is 0.239 e. The van der Waals surface area contributed by atoms with E-state index in [-0.39, 0.29) is 11.8 Å². The number of benzene rings is 1. The first-order chi connectivity index (χ1) is 13.0.